The number of aromatic carboxylic acids is 1. The minimum atomic E-state index is -0.971. The van der Waals surface area contributed by atoms with E-state index in [-0.39, 0.29) is 18.1 Å². The van der Waals surface area contributed by atoms with Crippen LogP contribution >= 0.6 is 34.4 Å². The molecule has 2 N–H and O–H groups in total. The second-order valence-corrected chi connectivity index (χ2v) is 10.0. The third kappa shape index (κ3) is 6.27. The monoisotopic (exact) mass is 614 g/mol. The van der Waals surface area contributed by atoms with Gasteiger partial charge >= 0.3 is 5.97 Å². The number of rotatable bonds is 8. The van der Waals surface area contributed by atoms with Crippen LogP contribution in [0.25, 0.3) is 6.08 Å². The van der Waals surface area contributed by atoms with Crippen LogP contribution in [0.4, 0.5) is 5.69 Å². The molecule has 7 nitrogen and oxygen atoms in total. The molecule has 1 fully saturated rings. The molecular weight excluding hydrogens is 591 g/mol. The fourth-order valence-electron chi connectivity index (χ4n) is 3.42. The number of aryl methyl sites for hydroxylation is 1. The van der Waals surface area contributed by atoms with Gasteiger partial charge in [0.15, 0.2) is 16.7 Å². The molecule has 0 bridgehead atoms. The standard InChI is InChI=1S/C27H23IN2O5S/c1-3-16-6-10-20(11-7-16)29-27-30-25(31)23(36-27)14-18-12-21(28)24(22(13-18)34-2)35-15-17-4-8-19(9-5-17)26(32)33/h4-14H,3,15H2,1-2H3,(H,32,33)(H,29,30,31)/b23-14-. The Morgan fingerprint density at radius 1 is 1.11 bits per heavy atom. The van der Waals surface area contributed by atoms with E-state index in [9.17, 15) is 9.59 Å². The van der Waals surface area contributed by atoms with E-state index in [1.807, 2.05) is 36.4 Å². The number of carboxylic acids is 1. The number of carbonyl (C=O) groups is 2. The van der Waals surface area contributed by atoms with E-state index < -0.39 is 5.97 Å². The second kappa shape index (κ2) is 11.6. The molecule has 0 aliphatic carbocycles. The van der Waals surface area contributed by atoms with Gasteiger partial charge in [-0.05, 0) is 99.9 Å². The Morgan fingerprint density at radius 2 is 1.81 bits per heavy atom. The molecule has 1 aliphatic rings. The maximum Gasteiger partial charge on any atom is 0.335 e. The van der Waals surface area contributed by atoms with Crippen molar-refractivity contribution < 1.29 is 24.2 Å². The average Bonchev–Trinajstić information content (AvgIpc) is 3.21. The first-order chi connectivity index (χ1) is 17.4. The number of nitrogens with zero attached hydrogens (tertiary/aromatic N) is 1. The van der Waals surface area contributed by atoms with Gasteiger partial charge in [0.05, 0.1) is 26.8 Å². The van der Waals surface area contributed by atoms with E-state index in [2.05, 4.69) is 39.8 Å². The summed E-state index contributed by atoms with van der Waals surface area (Å²) in [7, 11) is 1.56. The minimum Gasteiger partial charge on any atom is -0.493 e. The van der Waals surface area contributed by atoms with E-state index in [1.165, 1.54) is 17.3 Å². The third-order valence-electron chi connectivity index (χ3n) is 5.36. The zero-order chi connectivity index (χ0) is 25.7. The van der Waals surface area contributed by atoms with Crippen molar-refractivity contribution in [1.82, 2.24) is 5.32 Å². The number of carboxylic acid groups (broad SMARTS) is 1. The quantitative estimate of drug-likeness (QED) is 0.238. The Kier molecular flexibility index (Phi) is 8.32. The van der Waals surface area contributed by atoms with Gasteiger partial charge in [0.1, 0.15) is 6.61 Å². The molecular formula is C27H23IN2O5S. The van der Waals surface area contributed by atoms with Crippen LogP contribution in [0.3, 0.4) is 0 Å². The van der Waals surface area contributed by atoms with Gasteiger partial charge in [-0.3, -0.25) is 4.79 Å². The lowest BCUT2D eigenvalue weighted by Gasteiger charge is -2.14. The number of hydrogen-bond donors (Lipinski definition) is 2. The van der Waals surface area contributed by atoms with Crippen molar-refractivity contribution in [2.75, 3.05) is 7.11 Å². The lowest BCUT2D eigenvalue weighted by Crippen LogP contribution is -2.19. The van der Waals surface area contributed by atoms with Crippen molar-refractivity contribution >= 4 is 63.2 Å². The van der Waals surface area contributed by atoms with E-state index >= 15 is 0 Å². The summed E-state index contributed by atoms with van der Waals surface area (Å²) in [6, 6.07) is 18.2. The number of ether oxygens (including phenoxy) is 2. The minimum absolute atomic E-state index is 0.206. The molecule has 0 aromatic heterocycles. The highest BCUT2D eigenvalue weighted by Crippen LogP contribution is 2.36. The van der Waals surface area contributed by atoms with Gasteiger partial charge in [-0.2, -0.15) is 0 Å². The summed E-state index contributed by atoms with van der Waals surface area (Å²) in [4.78, 5) is 28.6. The fraction of sp³-hybridized carbons (Fsp3) is 0.148. The first-order valence-corrected chi connectivity index (χ1v) is 13.0. The first-order valence-electron chi connectivity index (χ1n) is 11.1. The zero-order valence-corrected chi connectivity index (χ0v) is 22.6. The van der Waals surface area contributed by atoms with E-state index in [1.54, 1.807) is 37.5 Å². The van der Waals surface area contributed by atoms with Gasteiger partial charge in [-0.1, -0.05) is 31.2 Å². The number of carbonyl (C=O) groups excluding carboxylic acids is 1. The Morgan fingerprint density at radius 3 is 2.44 bits per heavy atom. The molecule has 36 heavy (non-hydrogen) atoms. The molecule has 1 saturated heterocycles. The Hall–Kier alpha value is -3.31. The molecule has 0 saturated carbocycles. The van der Waals surface area contributed by atoms with Crippen LogP contribution in [-0.4, -0.2) is 29.3 Å². The number of amidine groups is 1. The molecule has 3 aromatic rings. The topological polar surface area (TPSA) is 97.2 Å². The molecule has 1 aliphatic heterocycles. The van der Waals surface area contributed by atoms with Gasteiger partial charge in [0.25, 0.3) is 5.91 Å². The van der Waals surface area contributed by atoms with Gasteiger partial charge in [0, 0.05) is 0 Å². The van der Waals surface area contributed by atoms with Gasteiger partial charge < -0.3 is 19.9 Å². The van der Waals surface area contributed by atoms with Crippen molar-refractivity contribution in [3.8, 4) is 11.5 Å². The predicted molar refractivity (Wildman–Crippen MR) is 150 cm³/mol. The molecule has 184 valence electrons. The number of hydrogen-bond acceptors (Lipinski definition) is 6. The van der Waals surface area contributed by atoms with Crippen LogP contribution in [0.1, 0.15) is 34.0 Å². The van der Waals surface area contributed by atoms with Crippen LogP contribution in [0.2, 0.25) is 0 Å². The molecule has 1 amide bonds. The second-order valence-electron chi connectivity index (χ2n) is 7.83. The highest BCUT2D eigenvalue weighted by atomic mass is 127. The molecule has 0 unspecified atom stereocenters. The van der Waals surface area contributed by atoms with Gasteiger partial charge in [0.2, 0.25) is 0 Å². The number of amides is 1. The van der Waals surface area contributed by atoms with Crippen LogP contribution in [0.5, 0.6) is 11.5 Å². The highest BCUT2D eigenvalue weighted by Gasteiger charge is 2.24. The van der Waals surface area contributed by atoms with Crippen molar-refractivity contribution in [3.63, 3.8) is 0 Å². The molecule has 0 spiro atoms. The Bertz CT molecular complexity index is 1350. The van der Waals surface area contributed by atoms with Gasteiger partial charge in [-0.25, -0.2) is 9.79 Å². The number of benzene rings is 3. The maximum atomic E-state index is 12.5. The molecule has 0 radical (unpaired) electrons. The SMILES string of the molecule is CCc1ccc(N=C2NC(=O)/C(=C/c3cc(I)c(OCc4ccc(C(=O)O)cc4)c(OC)c3)S2)cc1. The largest absolute Gasteiger partial charge is 0.493 e. The molecule has 0 atom stereocenters. The van der Waals surface area contributed by atoms with Gasteiger partial charge in [-0.15, -0.1) is 0 Å². The average molecular weight is 614 g/mol. The van der Waals surface area contributed by atoms with Crippen molar-refractivity contribution in [1.29, 1.82) is 0 Å². The molecule has 9 heteroatoms. The van der Waals surface area contributed by atoms with Crippen LogP contribution in [0.15, 0.2) is 70.6 Å². The van der Waals surface area contributed by atoms with Crippen LogP contribution < -0.4 is 14.8 Å². The summed E-state index contributed by atoms with van der Waals surface area (Å²) < 4.78 is 12.3. The van der Waals surface area contributed by atoms with Crippen molar-refractivity contribution in [2.45, 2.75) is 20.0 Å². The zero-order valence-electron chi connectivity index (χ0n) is 19.6. The number of thioether (sulfide) groups is 1. The number of nitrogens with one attached hydrogen (secondary N) is 1. The summed E-state index contributed by atoms with van der Waals surface area (Å²) in [5.41, 5.74) is 3.86. The maximum absolute atomic E-state index is 12.5. The number of halogens is 1. The fourth-order valence-corrected chi connectivity index (χ4v) is 5.04. The summed E-state index contributed by atoms with van der Waals surface area (Å²) >= 11 is 3.45. The van der Waals surface area contributed by atoms with Crippen LogP contribution in [0, 0.1) is 3.57 Å². The lowest BCUT2D eigenvalue weighted by atomic mass is 10.1. The Balaban J connectivity index is 1.49. The summed E-state index contributed by atoms with van der Waals surface area (Å²) in [6.07, 6.45) is 2.75. The van der Waals surface area contributed by atoms with Crippen molar-refractivity contribution in [2.24, 2.45) is 4.99 Å². The number of methoxy groups -OCH3 is 1. The van der Waals surface area contributed by atoms with Crippen molar-refractivity contribution in [3.05, 3.63) is 91.4 Å². The summed E-state index contributed by atoms with van der Waals surface area (Å²) in [5.74, 6) is -0.0716. The molecule has 3 aromatic carbocycles. The lowest BCUT2D eigenvalue weighted by molar-refractivity contribution is -0.115. The predicted octanol–water partition coefficient (Wildman–Crippen LogP) is 6.03. The first kappa shape index (κ1) is 25.8. The third-order valence-corrected chi connectivity index (χ3v) is 7.07. The number of aliphatic imine (C=N–C) groups is 1. The normalized spacial score (nSPS) is 15.2. The van der Waals surface area contributed by atoms with E-state index in [4.69, 9.17) is 14.6 Å². The Labute approximate surface area is 226 Å². The van der Waals surface area contributed by atoms with E-state index in [0.29, 0.717) is 21.6 Å². The smallest absolute Gasteiger partial charge is 0.335 e. The molecule has 1 heterocycles. The molecule has 4 rings (SSSR count). The summed E-state index contributed by atoms with van der Waals surface area (Å²) in [6.45, 7) is 2.35. The van der Waals surface area contributed by atoms with Crippen LogP contribution in [-0.2, 0) is 17.8 Å². The summed E-state index contributed by atoms with van der Waals surface area (Å²) in [5, 5.41) is 12.4. The van der Waals surface area contributed by atoms with E-state index in [0.717, 1.165) is 26.8 Å². The highest BCUT2D eigenvalue weighted by molar-refractivity contribution is 14.1.